The fourth-order valence-corrected chi connectivity index (χ4v) is 1.89. The minimum atomic E-state index is -0.791. The van der Waals surface area contributed by atoms with Gasteiger partial charge in [-0.25, -0.2) is 0 Å². The maximum absolute atomic E-state index is 11.9. The number of pyridine rings is 1. The number of benzene rings is 1. The number of aryl methyl sites for hydroxylation is 1. The van der Waals surface area contributed by atoms with Crippen molar-refractivity contribution >= 4 is 5.91 Å². The van der Waals surface area contributed by atoms with E-state index in [1.807, 2.05) is 0 Å². The Morgan fingerprint density at radius 1 is 1.30 bits per heavy atom. The molecule has 1 aromatic heterocycles. The van der Waals surface area contributed by atoms with Gasteiger partial charge in [0.15, 0.2) is 0 Å². The van der Waals surface area contributed by atoms with Crippen LogP contribution < -0.4 is 5.32 Å². The predicted octanol–water partition coefficient (Wildman–Crippen LogP) is 1.56. The first-order valence-corrected chi connectivity index (χ1v) is 6.23. The van der Waals surface area contributed by atoms with Gasteiger partial charge in [0, 0.05) is 24.5 Å². The zero-order valence-electron chi connectivity index (χ0n) is 11.1. The fraction of sp³-hybridized carbons (Fsp3) is 0.200. The molecule has 2 aromatic rings. The molecular formula is C15H16N2O3. The van der Waals surface area contributed by atoms with E-state index in [0.717, 1.165) is 5.56 Å². The number of aromatic hydroxyl groups is 1. The second-order valence-corrected chi connectivity index (χ2v) is 4.56. The monoisotopic (exact) mass is 272 g/mol. The van der Waals surface area contributed by atoms with Crippen molar-refractivity contribution in [3.63, 3.8) is 0 Å². The summed E-state index contributed by atoms with van der Waals surface area (Å²) in [4.78, 5) is 15.8. The third-order valence-corrected chi connectivity index (χ3v) is 2.87. The van der Waals surface area contributed by atoms with Crippen LogP contribution in [-0.2, 0) is 0 Å². The Balaban J connectivity index is 1.98. The van der Waals surface area contributed by atoms with Gasteiger partial charge in [-0.05, 0) is 48.4 Å². The molecule has 0 bridgehead atoms. The third kappa shape index (κ3) is 3.55. The smallest absolute Gasteiger partial charge is 0.251 e. The summed E-state index contributed by atoms with van der Waals surface area (Å²) >= 11 is 0. The van der Waals surface area contributed by atoms with Crippen molar-refractivity contribution in [1.29, 1.82) is 0 Å². The number of phenols is 1. The molecule has 20 heavy (non-hydrogen) atoms. The molecule has 0 fully saturated rings. The summed E-state index contributed by atoms with van der Waals surface area (Å²) in [7, 11) is 0. The highest BCUT2D eigenvalue weighted by molar-refractivity contribution is 5.94. The number of amides is 1. The average molecular weight is 272 g/mol. The second kappa shape index (κ2) is 6.16. The van der Waals surface area contributed by atoms with Crippen molar-refractivity contribution in [2.24, 2.45) is 0 Å². The third-order valence-electron chi connectivity index (χ3n) is 2.87. The van der Waals surface area contributed by atoms with Gasteiger partial charge < -0.3 is 15.5 Å². The molecule has 1 heterocycles. The Hall–Kier alpha value is -2.40. The molecular weight excluding hydrogens is 256 g/mol. The largest absolute Gasteiger partial charge is 0.508 e. The van der Waals surface area contributed by atoms with E-state index < -0.39 is 6.10 Å². The number of nitrogens with one attached hydrogen (secondary N) is 1. The Bertz CT molecular complexity index is 579. The quantitative estimate of drug-likeness (QED) is 0.788. The van der Waals surface area contributed by atoms with Gasteiger partial charge in [-0.15, -0.1) is 0 Å². The van der Waals surface area contributed by atoms with E-state index >= 15 is 0 Å². The minimum Gasteiger partial charge on any atom is -0.508 e. The van der Waals surface area contributed by atoms with Crippen LogP contribution in [0.2, 0.25) is 0 Å². The minimum absolute atomic E-state index is 0.0461. The molecule has 1 aromatic carbocycles. The van der Waals surface area contributed by atoms with Gasteiger partial charge in [0.2, 0.25) is 0 Å². The molecule has 2 rings (SSSR count). The Kier molecular flexibility index (Phi) is 4.32. The molecule has 0 saturated carbocycles. The maximum Gasteiger partial charge on any atom is 0.251 e. The maximum atomic E-state index is 11.9. The molecule has 5 nitrogen and oxygen atoms in total. The van der Waals surface area contributed by atoms with Crippen LogP contribution in [0.4, 0.5) is 0 Å². The van der Waals surface area contributed by atoms with E-state index in [-0.39, 0.29) is 18.2 Å². The summed E-state index contributed by atoms with van der Waals surface area (Å²) in [6.45, 7) is 1.89. The second-order valence-electron chi connectivity index (χ2n) is 4.56. The molecule has 0 aliphatic heterocycles. The van der Waals surface area contributed by atoms with Gasteiger partial charge in [0.05, 0.1) is 6.10 Å². The van der Waals surface area contributed by atoms with Crippen LogP contribution in [0.3, 0.4) is 0 Å². The summed E-state index contributed by atoms with van der Waals surface area (Å²) in [5.74, 6) is -0.290. The molecule has 0 saturated heterocycles. The number of aliphatic hydroxyl groups excluding tert-OH is 1. The molecule has 0 aliphatic rings. The van der Waals surface area contributed by atoms with Gasteiger partial charge >= 0.3 is 0 Å². The first-order valence-electron chi connectivity index (χ1n) is 6.23. The van der Waals surface area contributed by atoms with E-state index in [1.165, 1.54) is 6.07 Å². The summed E-state index contributed by atoms with van der Waals surface area (Å²) in [5, 5.41) is 22.0. The lowest BCUT2D eigenvalue weighted by atomic mass is 10.1. The van der Waals surface area contributed by atoms with Crippen LogP contribution in [0.5, 0.6) is 5.75 Å². The van der Waals surface area contributed by atoms with Gasteiger partial charge in [0.25, 0.3) is 5.91 Å². The predicted molar refractivity (Wildman–Crippen MR) is 74.4 cm³/mol. The van der Waals surface area contributed by atoms with Crippen molar-refractivity contribution < 1.29 is 15.0 Å². The summed E-state index contributed by atoms with van der Waals surface area (Å²) in [6.07, 6.45) is 2.37. The van der Waals surface area contributed by atoms with Crippen molar-refractivity contribution in [1.82, 2.24) is 10.3 Å². The van der Waals surface area contributed by atoms with Crippen LogP contribution in [-0.4, -0.2) is 27.6 Å². The van der Waals surface area contributed by atoms with Crippen LogP contribution in [0.15, 0.2) is 42.7 Å². The number of hydrogen-bond donors (Lipinski definition) is 3. The van der Waals surface area contributed by atoms with Crippen LogP contribution in [0, 0.1) is 6.92 Å². The van der Waals surface area contributed by atoms with E-state index in [0.29, 0.717) is 11.1 Å². The first-order chi connectivity index (χ1) is 9.56. The van der Waals surface area contributed by atoms with E-state index in [9.17, 15) is 15.0 Å². The van der Waals surface area contributed by atoms with Crippen LogP contribution >= 0.6 is 0 Å². The standard InChI is InChI=1S/C15H16N2O3/c1-10-6-12(8-13(18)7-10)15(20)17-9-14(19)11-2-4-16-5-3-11/h2-8,14,18-19H,9H2,1H3,(H,17,20). The lowest BCUT2D eigenvalue weighted by molar-refractivity contribution is 0.0916. The van der Waals surface area contributed by atoms with Crippen molar-refractivity contribution in [3.8, 4) is 5.75 Å². The molecule has 104 valence electrons. The molecule has 0 radical (unpaired) electrons. The Labute approximate surface area is 116 Å². The average Bonchev–Trinajstić information content (AvgIpc) is 2.44. The lowest BCUT2D eigenvalue weighted by Crippen LogP contribution is -2.28. The van der Waals surface area contributed by atoms with Crippen LogP contribution in [0.1, 0.15) is 27.6 Å². The Morgan fingerprint density at radius 3 is 2.65 bits per heavy atom. The summed E-state index contributed by atoms with van der Waals surface area (Å²) < 4.78 is 0. The zero-order chi connectivity index (χ0) is 14.5. The number of rotatable bonds is 4. The molecule has 0 spiro atoms. The molecule has 5 heteroatoms. The van der Waals surface area contributed by atoms with E-state index in [4.69, 9.17) is 0 Å². The summed E-state index contributed by atoms with van der Waals surface area (Å²) in [6, 6.07) is 8.02. The molecule has 1 amide bonds. The topological polar surface area (TPSA) is 82.5 Å². The highest BCUT2D eigenvalue weighted by Gasteiger charge is 2.11. The summed E-state index contributed by atoms with van der Waals surface area (Å²) in [5.41, 5.74) is 1.85. The highest BCUT2D eigenvalue weighted by atomic mass is 16.3. The van der Waals surface area contributed by atoms with Gasteiger partial charge in [-0.1, -0.05) is 0 Å². The van der Waals surface area contributed by atoms with Gasteiger partial charge in [0.1, 0.15) is 5.75 Å². The number of phenolic OH excluding ortho intramolecular Hbond substituents is 1. The molecule has 3 N–H and O–H groups in total. The molecule has 1 atom stereocenters. The Morgan fingerprint density at radius 2 is 2.00 bits per heavy atom. The normalized spacial score (nSPS) is 11.9. The number of carbonyl (C=O) groups excluding carboxylic acids is 1. The van der Waals surface area contributed by atoms with Crippen molar-refractivity contribution in [3.05, 3.63) is 59.4 Å². The lowest BCUT2D eigenvalue weighted by Gasteiger charge is -2.12. The van der Waals surface area contributed by atoms with Gasteiger partial charge in [-0.2, -0.15) is 0 Å². The number of aliphatic hydroxyl groups is 1. The fourth-order valence-electron chi connectivity index (χ4n) is 1.89. The number of carbonyl (C=O) groups is 1. The number of aromatic nitrogens is 1. The van der Waals surface area contributed by atoms with E-state index in [2.05, 4.69) is 10.3 Å². The number of nitrogens with zero attached hydrogens (tertiary/aromatic N) is 1. The zero-order valence-corrected chi connectivity index (χ0v) is 11.1. The van der Waals surface area contributed by atoms with Crippen molar-refractivity contribution in [2.75, 3.05) is 6.54 Å². The SMILES string of the molecule is Cc1cc(O)cc(C(=O)NCC(O)c2ccncc2)c1. The molecule has 1 unspecified atom stereocenters. The number of hydrogen-bond acceptors (Lipinski definition) is 4. The molecule has 0 aliphatic carbocycles. The highest BCUT2D eigenvalue weighted by Crippen LogP contribution is 2.15. The van der Waals surface area contributed by atoms with Crippen molar-refractivity contribution in [2.45, 2.75) is 13.0 Å². The van der Waals surface area contributed by atoms with Gasteiger partial charge in [-0.3, -0.25) is 9.78 Å². The first kappa shape index (κ1) is 14.0. The van der Waals surface area contributed by atoms with E-state index in [1.54, 1.807) is 43.6 Å². The van der Waals surface area contributed by atoms with Crippen LogP contribution in [0.25, 0.3) is 0 Å².